The van der Waals surface area contributed by atoms with Gasteiger partial charge in [0, 0.05) is 25.3 Å². The fourth-order valence-electron chi connectivity index (χ4n) is 2.47. The van der Waals surface area contributed by atoms with Crippen molar-refractivity contribution in [2.45, 2.75) is 44.8 Å². The molecule has 1 amide bonds. The number of hydrogen-bond donors (Lipinski definition) is 2. The van der Waals surface area contributed by atoms with Gasteiger partial charge in [0.2, 0.25) is 0 Å². The van der Waals surface area contributed by atoms with Crippen molar-refractivity contribution >= 4 is 5.91 Å². The molecule has 0 aromatic heterocycles. The molecule has 1 fully saturated rings. The Balaban J connectivity index is 1.61. The van der Waals surface area contributed by atoms with Gasteiger partial charge in [-0.15, -0.1) is 0 Å². The molecule has 1 aromatic carbocycles. The predicted octanol–water partition coefficient (Wildman–Crippen LogP) is 2.22. The van der Waals surface area contributed by atoms with Crippen molar-refractivity contribution in [3.63, 3.8) is 0 Å². The topological polar surface area (TPSA) is 64.4 Å². The van der Waals surface area contributed by atoms with Gasteiger partial charge in [-0.1, -0.05) is 25.0 Å². The van der Waals surface area contributed by atoms with Gasteiger partial charge in [-0.05, 0) is 37.0 Å². The molecule has 0 bridgehead atoms. The van der Waals surface area contributed by atoms with Crippen LogP contribution in [0.3, 0.4) is 0 Å². The van der Waals surface area contributed by atoms with Crippen molar-refractivity contribution in [3.05, 3.63) is 35.4 Å². The van der Waals surface area contributed by atoms with Crippen molar-refractivity contribution in [2.75, 3.05) is 13.2 Å². The Bertz CT molecular complexity index is 411. The van der Waals surface area contributed by atoms with E-state index in [0.717, 1.165) is 18.6 Å². The number of hydrogen-bond acceptors (Lipinski definition) is 3. The van der Waals surface area contributed by atoms with Crippen molar-refractivity contribution in [1.29, 1.82) is 0 Å². The van der Waals surface area contributed by atoms with Crippen LogP contribution in [0.25, 0.3) is 0 Å². The Labute approximate surface area is 120 Å². The van der Waals surface area contributed by atoms with Gasteiger partial charge < -0.3 is 15.8 Å². The molecule has 20 heavy (non-hydrogen) atoms. The van der Waals surface area contributed by atoms with Crippen molar-refractivity contribution in [1.82, 2.24) is 5.32 Å². The minimum atomic E-state index is -0.0329. The average molecular weight is 276 g/mol. The van der Waals surface area contributed by atoms with Gasteiger partial charge in [0.05, 0.1) is 6.10 Å². The van der Waals surface area contributed by atoms with E-state index in [-0.39, 0.29) is 5.91 Å². The highest BCUT2D eigenvalue weighted by Gasteiger charge is 2.14. The first-order chi connectivity index (χ1) is 9.79. The Kier molecular flexibility index (Phi) is 6.02. The molecule has 2 rings (SSSR count). The highest BCUT2D eigenvalue weighted by molar-refractivity contribution is 5.94. The molecular formula is C16H24N2O2. The van der Waals surface area contributed by atoms with Crippen molar-refractivity contribution < 1.29 is 9.53 Å². The van der Waals surface area contributed by atoms with E-state index < -0.39 is 0 Å². The van der Waals surface area contributed by atoms with Crippen LogP contribution in [-0.2, 0) is 11.3 Å². The lowest BCUT2D eigenvalue weighted by Gasteiger charge is -2.11. The van der Waals surface area contributed by atoms with Gasteiger partial charge in [-0.25, -0.2) is 0 Å². The number of benzene rings is 1. The second-order valence-corrected chi connectivity index (χ2v) is 5.29. The molecule has 0 heterocycles. The van der Waals surface area contributed by atoms with E-state index >= 15 is 0 Å². The van der Waals surface area contributed by atoms with Crippen molar-refractivity contribution in [3.8, 4) is 0 Å². The summed E-state index contributed by atoms with van der Waals surface area (Å²) in [4.78, 5) is 11.9. The standard InChI is InChI=1S/C16H24N2O2/c17-12-13-6-8-14(9-7-13)16(19)18-10-3-11-20-15-4-1-2-5-15/h6-9,15H,1-5,10-12,17H2,(H,18,19). The molecule has 0 radical (unpaired) electrons. The number of amides is 1. The SMILES string of the molecule is NCc1ccc(C(=O)NCCCOC2CCCC2)cc1. The van der Waals surface area contributed by atoms with Crippen LogP contribution in [0.1, 0.15) is 48.0 Å². The quantitative estimate of drug-likeness (QED) is 0.751. The second-order valence-electron chi connectivity index (χ2n) is 5.29. The van der Waals surface area contributed by atoms with Crippen LogP contribution in [0, 0.1) is 0 Å². The lowest BCUT2D eigenvalue weighted by molar-refractivity contribution is 0.0565. The third kappa shape index (κ3) is 4.62. The first-order valence-electron chi connectivity index (χ1n) is 7.48. The zero-order valence-electron chi connectivity index (χ0n) is 11.9. The zero-order valence-corrected chi connectivity index (χ0v) is 11.9. The van der Waals surface area contributed by atoms with E-state index in [2.05, 4.69) is 5.32 Å². The summed E-state index contributed by atoms with van der Waals surface area (Å²) in [6.07, 6.45) is 6.29. The van der Waals surface area contributed by atoms with E-state index in [0.29, 0.717) is 24.8 Å². The number of carbonyl (C=O) groups is 1. The maximum absolute atomic E-state index is 11.9. The Morgan fingerprint density at radius 3 is 2.60 bits per heavy atom. The first-order valence-corrected chi connectivity index (χ1v) is 7.48. The third-order valence-corrected chi connectivity index (χ3v) is 3.71. The number of ether oxygens (including phenoxy) is 1. The molecule has 0 saturated heterocycles. The normalized spacial score (nSPS) is 15.4. The minimum absolute atomic E-state index is 0.0329. The molecule has 110 valence electrons. The summed E-state index contributed by atoms with van der Waals surface area (Å²) < 4.78 is 5.76. The number of nitrogens with one attached hydrogen (secondary N) is 1. The molecule has 1 saturated carbocycles. The lowest BCUT2D eigenvalue weighted by atomic mass is 10.1. The molecule has 1 aromatic rings. The predicted molar refractivity (Wildman–Crippen MR) is 79.5 cm³/mol. The van der Waals surface area contributed by atoms with Crippen LogP contribution in [0.2, 0.25) is 0 Å². The molecule has 0 unspecified atom stereocenters. The molecule has 4 heteroatoms. The number of carbonyl (C=O) groups excluding carboxylic acids is 1. The van der Waals surface area contributed by atoms with Gasteiger partial charge in [-0.3, -0.25) is 4.79 Å². The number of nitrogens with two attached hydrogens (primary N) is 1. The fraction of sp³-hybridized carbons (Fsp3) is 0.562. The van der Waals surface area contributed by atoms with E-state index in [1.807, 2.05) is 24.3 Å². The molecule has 3 N–H and O–H groups in total. The monoisotopic (exact) mass is 276 g/mol. The number of rotatable bonds is 7. The molecular weight excluding hydrogens is 252 g/mol. The summed E-state index contributed by atoms with van der Waals surface area (Å²) in [5.41, 5.74) is 7.24. The molecule has 0 aliphatic heterocycles. The smallest absolute Gasteiger partial charge is 0.251 e. The zero-order chi connectivity index (χ0) is 14.2. The van der Waals surface area contributed by atoms with E-state index in [1.165, 1.54) is 25.7 Å². The van der Waals surface area contributed by atoms with Gasteiger partial charge in [0.25, 0.3) is 5.91 Å². The van der Waals surface area contributed by atoms with Gasteiger partial charge in [0.1, 0.15) is 0 Å². The summed E-state index contributed by atoms with van der Waals surface area (Å²) in [5, 5.41) is 2.91. The Morgan fingerprint density at radius 1 is 1.25 bits per heavy atom. The van der Waals surface area contributed by atoms with E-state index in [4.69, 9.17) is 10.5 Å². The van der Waals surface area contributed by atoms with Gasteiger partial charge in [0.15, 0.2) is 0 Å². The highest BCUT2D eigenvalue weighted by Crippen LogP contribution is 2.20. The van der Waals surface area contributed by atoms with Gasteiger partial charge >= 0.3 is 0 Å². The fourth-order valence-corrected chi connectivity index (χ4v) is 2.47. The third-order valence-electron chi connectivity index (χ3n) is 3.71. The van der Waals surface area contributed by atoms with Crippen LogP contribution < -0.4 is 11.1 Å². The maximum atomic E-state index is 11.9. The maximum Gasteiger partial charge on any atom is 0.251 e. The highest BCUT2D eigenvalue weighted by atomic mass is 16.5. The summed E-state index contributed by atoms with van der Waals surface area (Å²) in [5.74, 6) is -0.0329. The second kappa shape index (κ2) is 8.02. The molecule has 0 spiro atoms. The van der Waals surface area contributed by atoms with E-state index in [1.54, 1.807) is 0 Å². The lowest BCUT2D eigenvalue weighted by Crippen LogP contribution is -2.25. The summed E-state index contributed by atoms with van der Waals surface area (Å²) in [6.45, 7) is 1.89. The molecule has 4 nitrogen and oxygen atoms in total. The summed E-state index contributed by atoms with van der Waals surface area (Å²) in [7, 11) is 0. The average Bonchev–Trinajstić information content (AvgIpc) is 3.00. The first kappa shape index (κ1) is 15.0. The van der Waals surface area contributed by atoms with Crippen LogP contribution in [0.4, 0.5) is 0 Å². The molecule has 1 aliphatic rings. The van der Waals surface area contributed by atoms with Crippen molar-refractivity contribution in [2.24, 2.45) is 5.73 Å². The van der Waals surface area contributed by atoms with Gasteiger partial charge in [-0.2, -0.15) is 0 Å². The Morgan fingerprint density at radius 2 is 1.95 bits per heavy atom. The molecule has 1 aliphatic carbocycles. The van der Waals surface area contributed by atoms with E-state index in [9.17, 15) is 4.79 Å². The Hall–Kier alpha value is -1.39. The van der Waals surface area contributed by atoms with Crippen LogP contribution in [-0.4, -0.2) is 25.2 Å². The largest absolute Gasteiger partial charge is 0.378 e. The van der Waals surface area contributed by atoms with Crippen LogP contribution >= 0.6 is 0 Å². The minimum Gasteiger partial charge on any atom is -0.378 e. The summed E-state index contributed by atoms with van der Waals surface area (Å²) in [6, 6.07) is 7.40. The summed E-state index contributed by atoms with van der Waals surface area (Å²) >= 11 is 0. The van der Waals surface area contributed by atoms with Crippen LogP contribution in [0.15, 0.2) is 24.3 Å². The molecule has 0 atom stereocenters. The van der Waals surface area contributed by atoms with Crippen LogP contribution in [0.5, 0.6) is 0 Å².